The number of fused-ring (bicyclic) bond motifs is 1. The molecule has 0 aliphatic rings. The molecule has 5 nitrogen and oxygen atoms in total. The second kappa shape index (κ2) is 6.42. The van der Waals surface area contributed by atoms with E-state index < -0.39 is 5.97 Å². The molecule has 0 amide bonds. The van der Waals surface area contributed by atoms with Crippen molar-refractivity contribution in [1.29, 1.82) is 0 Å². The van der Waals surface area contributed by atoms with Gasteiger partial charge in [-0.1, -0.05) is 13.8 Å². The summed E-state index contributed by atoms with van der Waals surface area (Å²) in [6.45, 7) is 4.67. The number of thiazole rings is 1. The average molecular weight is 330 g/mol. The number of hydrogen-bond acceptors (Lipinski definition) is 4. The van der Waals surface area contributed by atoms with Crippen molar-refractivity contribution in [2.75, 3.05) is 6.61 Å². The molecule has 0 bridgehead atoms. The van der Waals surface area contributed by atoms with Crippen LogP contribution >= 0.6 is 11.3 Å². The maximum Gasteiger partial charge on any atom is 0.354 e. The van der Waals surface area contributed by atoms with Crippen molar-refractivity contribution in [2.24, 2.45) is 0 Å². The second-order valence-electron chi connectivity index (χ2n) is 5.18. The van der Waals surface area contributed by atoms with Gasteiger partial charge in [0.25, 0.3) is 0 Å². The van der Waals surface area contributed by atoms with E-state index >= 15 is 0 Å². The summed E-state index contributed by atoms with van der Waals surface area (Å²) in [5.74, 6) is -0.127. The fraction of sp³-hybridized carbons (Fsp3) is 0.294. The molecule has 0 aliphatic heterocycles. The number of imidazole rings is 1. The van der Waals surface area contributed by atoms with E-state index in [0.29, 0.717) is 23.7 Å². The first-order chi connectivity index (χ1) is 11.2. The normalized spacial score (nSPS) is 11.0. The van der Waals surface area contributed by atoms with Gasteiger partial charge >= 0.3 is 5.97 Å². The number of aromatic carboxylic acids is 1. The van der Waals surface area contributed by atoms with Gasteiger partial charge in [0.1, 0.15) is 5.75 Å². The molecule has 0 saturated carbocycles. The Kier molecular flexibility index (Phi) is 4.34. The average Bonchev–Trinajstić information content (AvgIpc) is 3.11. The molecule has 0 unspecified atom stereocenters. The molecule has 23 heavy (non-hydrogen) atoms. The summed E-state index contributed by atoms with van der Waals surface area (Å²) in [7, 11) is 0. The molecule has 0 aliphatic carbocycles. The smallest absolute Gasteiger partial charge is 0.354 e. The number of ether oxygens (including phenoxy) is 1. The molecule has 3 aromatic rings. The van der Waals surface area contributed by atoms with E-state index in [-0.39, 0.29) is 5.69 Å². The minimum absolute atomic E-state index is 0.255. The maximum absolute atomic E-state index is 11.6. The first kappa shape index (κ1) is 15.6. The lowest BCUT2D eigenvalue weighted by Crippen LogP contribution is -2.05. The first-order valence-electron chi connectivity index (χ1n) is 7.61. The van der Waals surface area contributed by atoms with Crippen LogP contribution in [-0.2, 0) is 6.42 Å². The van der Waals surface area contributed by atoms with Crippen LogP contribution in [0.15, 0.2) is 29.6 Å². The molecule has 0 atom stereocenters. The third-order valence-electron chi connectivity index (χ3n) is 3.60. The summed E-state index contributed by atoms with van der Waals surface area (Å²) < 4.78 is 7.32. The molecular formula is C17H18N2O3S. The van der Waals surface area contributed by atoms with E-state index in [9.17, 15) is 9.90 Å². The largest absolute Gasteiger partial charge is 0.494 e. The molecule has 0 saturated heterocycles. The molecule has 0 radical (unpaired) electrons. The number of carboxylic acids is 1. The van der Waals surface area contributed by atoms with Gasteiger partial charge in [-0.25, -0.2) is 9.78 Å². The topological polar surface area (TPSA) is 63.8 Å². The summed E-state index contributed by atoms with van der Waals surface area (Å²) in [5.41, 5.74) is 2.66. The second-order valence-corrected chi connectivity index (χ2v) is 6.01. The Balaban J connectivity index is 2.06. The Labute approximate surface area is 138 Å². The van der Waals surface area contributed by atoms with E-state index in [0.717, 1.165) is 23.4 Å². The van der Waals surface area contributed by atoms with Crippen molar-refractivity contribution in [1.82, 2.24) is 9.38 Å². The van der Waals surface area contributed by atoms with E-state index in [1.807, 2.05) is 36.6 Å². The van der Waals surface area contributed by atoms with Crippen LogP contribution < -0.4 is 4.74 Å². The number of aromatic nitrogens is 2. The number of carbonyl (C=O) groups is 1. The van der Waals surface area contributed by atoms with Crippen LogP contribution in [0.25, 0.3) is 16.2 Å². The molecule has 1 N–H and O–H groups in total. The molecule has 2 aromatic heterocycles. The Morgan fingerprint density at radius 2 is 2.04 bits per heavy atom. The van der Waals surface area contributed by atoms with Gasteiger partial charge in [-0.2, -0.15) is 0 Å². The van der Waals surface area contributed by atoms with Crippen LogP contribution in [0.4, 0.5) is 0 Å². The zero-order chi connectivity index (χ0) is 16.4. The van der Waals surface area contributed by atoms with Crippen molar-refractivity contribution in [3.8, 4) is 17.0 Å². The minimum atomic E-state index is -0.947. The molecule has 0 spiro atoms. The molecule has 1 aromatic carbocycles. The molecule has 2 heterocycles. The summed E-state index contributed by atoms with van der Waals surface area (Å²) in [4.78, 5) is 16.8. The van der Waals surface area contributed by atoms with Crippen LogP contribution in [-0.4, -0.2) is 27.1 Å². The van der Waals surface area contributed by atoms with Crippen LogP contribution in [0.1, 0.15) is 36.5 Å². The lowest BCUT2D eigenvalue weighted by atomic mass is 10.1. The van der Waals surface area contributed by atoms with Crippen molar-refractivity contribution < 1.29 is 14.6 Å². The number of rotatable bonds is 6. The van der Waals surface area contributed by atoms with E-state index in [2.05, 4.69) is 11.9 Å². The summed E-state index contributed by atoms with van der Waals surface area (Å²) >= 11 is 1.45. The van der Waals surface area contributed by atoms with Gasteiger partial charge in [0.05, 0.1) is 18.0 Å². The van der Waals surface area contributed by atoms with Gasteiger partial charge in [-0.05, 0) is 42.7 Å². The molecule has 3 rings (SSSR count). The highest BCUT2D eigenvalue weighted by molar-refractivity contribution is 7.15. The van der Waals surface area contributed by atoms with E-state index in [1.165, 1.54) is 11.3 Å². The highest BCUT2D eigenvalue weighted by atomic mass is 32.1. The van der Waals surface area contributed by atoms with Crippen LogP contribution in [0, 0.1) is 0 Å². The molecule has 6 heteroatoms. The highest BCUT2D eigenvalue weighted by Crippen LogP contribution is 2.30. The maximum atomic E-state index is 11.6. The van der Waals surface area contributed by atoms with Gasteiger partial charge < -0.3 is 9.84 Å². The quantitative estimate of drug-likeness (QED) is 0.738. The number of carboxylic acid groups (broad SMARTS) is 1. The predicted octanol–water partition coefficient (Wildman–Crippen LogP) is 4.11. The SMILES string of the molecule is CCCOc1ccc(-c2csc3nc(CC)c(C(=O)O)n23)cc1. The van der Waals surface area contributed by atoms with Gasteiger partial charge in [0.2, 0.25) is 0 Å². The van der Waals surface area contributed by atoms with Crippen LogP contribution in [0.2, 0.25) is 0 Å². The van der Waals surface area contributed by atoms with Gasteiger partial charge in [-0.15, -0.1) is 11.3 Å². The zero-order valence-corrected chi connectivity index (χ0v) is 13.9. The van der Waals surface area contributed by atoms with Crippen molar-refractivity contribution in [3.63, 3.8) is 0 Å². The molecule has 120 valence electrons. The van der Waals surface area contributed by atoms with E-state index in [4.69, 9.17) is 4.74 Å². The monoisotopic (exact) mass is 330 g/mol. The fourth-order valence-corrected chi connectivity index (χ4v) is 3.43. The minimum Gasteiger partial charge on any atom is -0.494 e. The number of benzene rings is 1. The first-order valence-corrected chi connectivity index (χ1v) is 8.49. The Morgan fingerprint density at radius 3 is 2.65 bits per heavy atom. The fourth-order valence-electron chi connectivity index (χ4n) is 2.51. The number of hydrogen-bond donors (Lipinski definition) is 1. The van der Waals surface area contributed by atoms with Gasteiger partial charge in [0, 0.05) is 5.38 Å². The van der Waals surface area contributed by atoms with Crippen LogP contribution in [0.3, 0.4) is 0 Å². The number of nitrogens with zero attached hydrogens (tertiary/aromatic N) is 2. The van der Waals surface area contributed by atoms with Crippen molar-refractivity contribution in [3.05, 3.63) is 41.0 Å². The Morgan fingerprint density at radius 1 is 1.30 bits per heavy atom. The van der Waals surface area contributed by atoms with Crippen LogP contribution in [0.5, 0.6) is 5.75 Å². The van der Waals surface area contributed by atoms with Crippen molar-refractivity contribution >= 4 is 22.3 Å². The number of aryl methyl sites for hydroxylation is 1. The predicted molar refractivity (Wildman–Crippen MR) is 90.6 cm³/mol. The summed E-state index contributed by atoms with van der Waals surface area (Å²) in [5, 5.41) is 11.5. The van der Waals surface area contributed by atoms with E-state index in [1.54, 1.807) is 4.40 Å². The molecule has 0 fully saturated rings. The summed E-state index contributed by atoms with van der Waals surface area (Å²) in [6.07, 6.45) is 1.56. The third kappa shape index (κ3) is 2.82. The lowest BCUT2D eigenvalue weighted by molar-refractivity contribution is 0.0688. The van der Waals surface area contributed by atoms with Gasteiger partial charge in [-0.3, -0.25) is 4.40 Å². The van der Waals surface area contributed by atoms with Gasteiger partial charge in [0.15, 0.2) is 10.7 Å². The highest BCUT2D eigenvalue weighted by Gasteiger charge is 2.21. The Bertz CT molecular complexity index is 834. The third-order valence-corrected chi connectivity index (χ3v) is 4.42. The lowest BCUT2D eigenvalue weighted by Gasteiger charge is -2.06. The standard InChI is InChI=1S/C17H18N2O3S/c1-3-9-22-12-7-5-11(6-8-12)14-10-23-17-18-13(4-2)15(16(20)21)19(14)17/h5-8,10H,3-4,9H2,1-2H3,(H,20,21). The summed E-state index contributed by atoms with van der Waals surface area (Å²) in [6, 6.07) is 7.71. The van der Waals surface area contributed by atoms with Crippen molar-refractivity contribution in [2.45, 2.75) is 26.7 Å². The molecular weight excluding hydrogens is 312 g/mol. The Hall–Kier alpha value is -2.34. The zero-order valence-electron chi connectivity index (χ0n) is 13.1.